The number of rotatable bonds is 6. The van der Waals surface area contributed by atoms with Crippen LogP contribution in [0, 0.1) is 20.2 Å². The molecule has 0 N–H and O–H groups in total. The van der Waals surface area contributed by atoms with E-state index in [4.69, 9.17) is 0 Å². The van der Waals surface area contributed by atoms with E-state index in [0.29, 0.717) is 17.7 Å². The summed E-state index contributed by atoms with van der Waals surface area (Å²) in [5.41, 5.74) is 0.811. The van der Waals surface area contributed by atoms with Crippen molar-refractivity contribution in [2.45, 2.75) is 39.0 Å². The van der Waals surface area contributed by atoms with Crippen LogP contribution < -0.4 is 4.90 Å². The topological polar surface area (TPSA) is 89.5 Å². The van der Waals surface area contributed by atoms with Gasteiger partial charge >= 0.3 is 0 Å². The van der Waals surface area contributed by atoms with Gasteiger partial charge in [-0.05, 0) is 31.7 Å². The lowest BCUT2D eigenvalue weighted by atomic mass is 10.0. The van der Waals surface area contributed by atoms with Crippen molar-refractivity contribution in [3.63, 3.8) is 0 Å². The maximum Gasteiger partial charge on any atom is 0.299 e. The van der Waals surface area contributed by atoms with Gasteiger partial charge in [0.05, 0.1) is 15.9 Å². The van der Waals surface area contributed by atoms with Gasteiger partial charge in [-0.15, -0.1) is 0 Å². The summed E-state index contributed by atoms with van der Waals surface area (Å²) < 4.78 is 0. The van der Waals surface area contributed by atoms with E-state index in [1.54, 1.807) is 6.07 Å². The Balaban J connectivity index is 2.50. The van der Waals surface area contributed by atoms with E-state index >= 15 is 0 Å². The fourth-order valence-electron chi connectivity index (χ4n) is 2.70. The van der Waals surface area contributed by atoms with Crippen molar-refractivity contribution in [3.05, 3.63) is 37.9 Å². The molecule has 0 spiro atoms. The summed E-state index contributed by atoms with van der Waals surface area (Å²) in [7, 11) is 0. The van der Waals surface area contributed by atoms with Gasteiger partial charge in [0.15, 0.2) is 0 Å². The zero-order valence-electron chi connectivity index (χ0n) is 12.1. The third-order valence-corrected chi connectivity index (χ3v) is 3.82. The summed E-state index contributed by atoms with van der Waals surface area (Å²) in [6, 6.07) is 2.77. The first-order chi connectivity index (χ1) is 10.0. The summed E-state index contributed by atoms with van der Waals surface area (Å²) >= 11 is 0. The van der Waals surface area contributed by atoms with Crippen molar-refractivity contribution in [1.82, 2.24) is 0 Å². The van der Waals surface area contributed by atoms with E-state index in [1.807, 2.05) is 11.8 Å². The van der Waals surface area contributed by atoms with Crippen LogP contribution in [0.4, 0.5) is 17.1 Å². The first-order valence-electron chi connectivity index (χ1n) is 7.25. The minimum atomic E-state index is -0.524. The molecule has 1 aromatic carbocycles. The zero-order valence-corrected chi connectivity index (χ0v) is 12.1. The van der Waals surface area contributed by atoms with Crippen LogP contribution in [-0.4, -0.2) is 22.9 Å². The predicted molar refractivity (Wildman–Crippen MR) is 79.8 cm³/mol. The maximum atomic E-state index is 11.2. The van der Waals surface area contributed by atoms with Crippen LogP contribution in [-0.2, 0) is 6.42 Å². The number of anilines is 1. The minimum Gasteiger partial charge on any atom is -0.366 e. The minimum absolute atomic E-state index is 0.141. The van der Waals surface area contributed by atoms with Gasteiger partial charge < -0.3 is 4.90 Å². The molecule has 1 heterocycles. The van der Waals surface area contributed by atoms with Crippen molar-refractivity contribution < 1.29 is 9.85 Å². The highest BCUT2D eigenvalue weighted by Crippen LogP contribution is 2.37. The summed E-state index contributed by atoms with van der Waals surface area (Å²) in [6.07, 6.45) is 4.33. The van der Waals surface area contributed by atoms with Gasteiger partial charge in [-0.2, -0.15) is 0 Å². The van der Waals surface area contributed by atoms with Gasteiger partial charge in [-0.25, -0.2) is 0 Å². The molecule has 1 aliphatic heterocycles. The quantitative estimate of drug-likeness (QED) is 0.592. The second-order valence-corrected chi connectivity index (χ2v) is 5.28. The van der Waals surface area contributed by atoms with Gasteiger partial charge in [-0.1, -0.05) is 13.3 Å². The average Bonchev–Trinajstić information content (AvgIpc) is 2.97. The third-order valence-electron chi connectivity index (χ3n) is 3.82. The van der Waals surface area contributed by atoms with Crippen LogP contribution in [0.2, 0.25) is 0 Å². The molecule has 0 atom stereocenters. The Morgan fingerprint density at radius 2 is 1.71 bits per heavy atom. The van der Waals surface area contributed by atoms with Crippen LogP contribution >= 0.6 is 0 Å². The van der Waals surface area contributed by atoms with Crippen LogP contribution in [0.1, 0.15) is 38.2 Å². The summed E-state index contributed by atoms with van der Waals surface area (Å²) in [5, 5.41) is 22.4. The van der Waals surface area contributed by atoms with Crippen LogP contribution in [0.15, 0.2) is 12.1 Å². The van der Waals surface area contributed by atoms with E-state index in [0.717, 1.165) is 44.8 Å². The number of nitro benzene ring substituents is 2. The van der Waals surface area contributed by atoms with Crippen molar-refractivity contribution in [1.29, 1.82) is 0 Å². The molecule has 0 amide bonds. The molecule has 1 aromatic rings. The van der Waals surface area contributed by atoms with Gasteiger partial charge in [0.2, 0.25) is 0 Å². The van der Waals surface area contributed by atoms with Gasteiger partial charge in [-0.3, -0.25) is 20.2 Å². The molecule has 114 valence electrons. The van der Waals surface area contributed by atoms with E-state index in [-0.39, 0.29) is 11.4 Å². The Hall–Kier alpha value is -2.18. The predicted octanol–water partition coefficient (Wildman–Crippen LogP) is 3.45. The Morgan fingerprint density at radius 1 is 1.10 bits per heavy atom. The highest BCUT2D eigenvalue weighted by molar-refractivity contribution is 5.69. The van der Waals surface area contributed by atoms with Crippen LogP contribution in [0.25, 0.3) is 0 Å². The van der Waals surface area contributed by atoms with E-state index in [9.17, 15) is 20.2 Å². The van der Waals surface area contributed by atoms with Crippen molar-refractivity contribution >= 4 is 17.1 Å². The molecule has 2 rings (SSSR count). The maximum absolute atomic E-state index is 11.2. The third kappa shape index (κ3) is 3.29. The van der Waals surface area contributed by atoms with Gasteiger partial charge in [0.1, 0.15) is 5.69 Å². The van der Waals surface area contributed by atoms with Crippen LogP contribution in [0.5, 0.6) is 0 Å². The normalized spacial score (nSPS) is 14.4. The molecule has 0 aromatic heterocycles. The van der Waals surface area contributed by atoms with Crippen LogP contribution in [0.3, 0.4) is 0 Å². The Labute approximate surface area is 122 Å². The molecule has 0 unspecified atom stereocenters. The lowest BCUT2D eigenvalue weighted by molar-refractivity contribution is -0.394. The monoisotopic (exact) mass is 293 g/mol. The fraction of sp³-hybridized carbons (Fsp3) is 0.571. The molecule has 0 radical (unpaired) electrons. The van der Waals surface area contributed by atoms with Crippen molar-refractivity contribution in [2.24, 2.45) is 0 Å². The molecular formula is C14H19N3O4. The zero-order chi connectivity index (χ0) is 15.4. The summed E-state index contributed by atoms with van der Waals surface area (Å²) in [5.74, 6) is 0. The van der Waals surface area contributed by atoms with Crippen molar-refractivity contribution in [3.8, 4) is 0 Å². The number of hydrogen-bond donors (Lipinski definition) is 0. The van der Waals surface area contributed by atoms with E-state index < -0.39 is 9.85 Å². The molecule has 7 nitrogen and oxygen atoms in total. The highest BCUT2D eigenvalue weighted by atomic mass is 16.6. The number of hydrogen-bond acceptors (Lipinski definition) is 5. The lowest BCUT2D eigenvalue weighted by Crippen LogP contribution is -2.19. The largest absolute Gasteiger partial charge is 0.366 e. The molecular weight excluding hydrogens is 274 g/mol. The number of unbranched alkanes of at least 4 members (excludes halogenated alkanes) is 1. The first kappa shape index (κ1) is 15.2. The smallest absolute Gasteiger partial charge is 0.299 e. The lowest BCUT2D eigenvalue weighted by Gasteiger charge is -2.18. The Morgan fingerprint density at radius 3 is 2.24 bits per heavy atom. The number of aryl methyl sites for hydroxylation is 1. The summed E-state index contributed by atoms with van der Waals surface area (Å²) in [4.78, 5) is 23.3. The highest BCUT2D eigenvalue weighted by Gasteiger charge is 2.28. The molecule has 1 aliphatic rings. The number of nitrogens with zero attached hydrogens (tertiary/aromatic N) is 3. The molecule has 0 saturated carbocycles. The fourth-order valence-corrected chi connectivity index (χ4v) is 2.70. The second kappa shape index (κ2) is 6.51. The van der Waals surface area contributed by atoms with Crippen molar-refractivity contribution in [2.75, 3.05) is 18.0 Å². The van der Waals surface area contributed by atoms with E-state index in [1.165, 1.54) is 0 Å². The molecule has 0 bridgehead atoms. The summed E-state index contributed by atoms with van der Waals surface area (Å²) in [6.45, 7) is 3.55. The molecule has 0 aliphatic carbocycles. The first-order valence-corrected chi connectivity index (χ1v) is 7.25. The molecule has 7 heteroatoms. The van der Waals surface area contributed by atoms with E-state index in [2.05, 4.69) is 0 Å². The second-order valence-electron chi connectivity index (χ2n) is 5.28. The number of benzene rings is 1. The number of nitro groups is 2. The van der Waals surface area contributed by atoms with Gasteiger partial charge in [0.25, 0.3) is 11.4 Å². The SMILES string of the molecule is CCCCc1cc(N2CCCC2)c([N+](=O)[O-])cc1[N+](=O)[O-]. The van der Waals surface area contributed by atoms with Gasteiger partial charge in [0, 0.05) is 18.7 Å². The Bertz CT molecular complexity index is 553. The molecule has 1 fully saturated rings. The average molecular weight is 293 g/mol. The molecule has 21 heavy (non-hydrogen) atoms. The molecule has 1 saturated heterocycles. The Kier molecular flexibility index (Phi) is 4.72. The standard InChI is InChI=1S/C14H19N3O4/c1-2-3-6-11-9-13(15-7-4-5-8-15)14(17(20)21)10-12(11)16(18)19/h9-10H,2-8H2,1H3.